The zero-order chi connectivity index (χ0) is 8.97. The summed E-state index contributed by atoms with van der Waals surface area (Å²) in [6.45, 7) is 0.925. The van der Waals surface area contributed by atoms with Crippen molar-refractivity contribution in [1.82, 2.24) is 5.32 Å². The van der Waals surface area contributed by atoms with Gasteiger partial charge in [-0.15, -0.1) is 11.3 Å². The average Bonchev–Trinajstić information content (AvgIpc) is 2.35. The molecule has 0 aromatic carbocycles. The lowest BCUT2D eigenvalue weighted by molar-refractivity contribution is -0.117. The van der Waals surface area contributed by atoms with Crippen LogP contribution in [-0.2, 0) is 11.3 Å². The lowest BCUT2D eigenvalue weighted by Crippen LogP contribution is -2.27. The summed E-state index contributed by atoms with van der Waals surface area (Å²) in [5, 5.41) is 2.93. The van der Waals surface area contributed by atoms with Crippen molar-refractivity contribution in [2.24, 2.45) is 5.73 Å². The molecule has 1 aromatic rings. The first-order chi connectivity index (χ1) is 5.68. The molecule has 1 aromatic heterocycles. The van der Waals surface area contributed by atoms with Gasteiger partial charge < -0.3 is 11.1 Å². The van der Waals surface area contributed by atoms with Crippen LogP contribution in [0.25, 0.3) is 0 Å². The van der Waals surface area contributed by atoms with E-state index < -0.39 is 0 Å². The Labute approximate surface area is 83.1 Å². The molecule has 3 nitrogen and oxygen atoms in total. The van der Waals surface area contributed by atoms with Crippen LogP contribution in [0.15, 0.2) is 15.9 Å². The van der Waals surface area contributed by atoms with Gasteiger partial charge in [-0.2, -0.15) is 0 Å². The van der Waals surface area contributed by atoms with E-state index >= 15 is 0 Å². The molecule has 1 heterocycles. The van der Waals surface area contributed by atoms with E-state index in [1.165, 1.54) is 4.88 Å². The van der Waals surface area contributed by atoms with Crippen molar-refractivity contribution in [3.05, 3.63) is 20.8 Å². The Kier molecular flexibility index (Phi) is 3.71. The van der Waals surface area contributed by atoms with Crippen molar-refractivity contribution in [2.75, 3.05) is 6.54 Å². The first-order valence-electron chi connectivity index (χ1n) is 3.41. The number of nitrogens with one attached hydrogen (secondary N) is 1. The van der Waals surface area contributed by atoms with E-state index in [2.05, 4.69) is 21.2 Å². The largest absolute Gasteiger partial charge is 0.369 e. The fourth-order valence-corrected chi connectivity index (χ4v) is 2.21. The molecule has 0 saturated carbocycles. The molecule has 66 valence electrons. The maximum atomic E-state index is 10.3. The maximum Gasteiger partial charge on any atom is 0.231 e. The van der Waals surface area contributed by atoms with E-state index in [1.807, 2.05) is 12.1 Å². The maximum absolute atomic E-state index is 10.3. The predicted molar refractivity (Wildman–Crippen MR) is 52.9 cm³/mol. The topological polar surface area (TPSA) is 55.1 Å². The lowest BCUT2D eigenvalue weighted by Gasteiger charge is -1.97. The van der Waals surface area contributed by atoms with Gasteiger partial charge in [-0.25, -0.2) is 0 Å². The van der Waals surface area contributed by atoms with Crippen LogP contribution in [0.2, 0.25) is 0 Å². The summed E-state index contributed by atoms with van der Waals surface area (Å²) in [6.07, 6.45) is 0. The number of hydrogen-bond acceptors (Lipinski definition) is 3. The number of nitrogens with two attached hydrogens (primary N) is 1. The first kappa shape index (κ1) is 9.70. The molecule has 0 atom stereocenters. The third kappa shape index (κ3) is 3.34. The van der Waals surface area contributed by atoms with E-state index in [-0.39, 0.29) is 12.5 Å². The average molecular weight is 249 g/mol. The number of carbonyl (C=O) groups excluding carboxylic acids is 1. The van der Waals surface area contributed by atoms with E-state index in [0.717, 1.165) is 3.79 Å². The molecule has 0 saturated heterocycles. The Bertz CT molecular complexity index is 274. The Morgan fingerprint density at radius 1 is 1.67 bits per heavy atom. The summed E-state index contributed by atoms with van der Waals surface area (Å²) >= 11 is 4.99. The highest BCUT2D eigenvalue weighted by atomic mass is 79.9. The van der Waals surface area contributed by atoms with E-state index in [1.54, 1.807) is 11.3 Å². The Balaban J connectivity index is 2.29. The van der Waals surface area contributed by atoms with Gasteiger partial charge in [0.2, 0.25) is 5.91 Å². The molecule has 0 fully saturated rings. The lowest BCUT2D eigenvalue weighted by atomic mass is 10.4. The van der Waals surface area contributed by atoms with Crippen molar-refractivity contribution >= 4 is 33.2 Å². The third-order valence-electron chi connectivity index (χ3n) is 1.23. The second kappa shape index (κ2) is 4.59. The molecule has 0 spiro atoms. The molecular weight excluding hydrogens is 240 g/mol. The van der Waals surface area contributed by atoms with Gasteiger partial charge in [0.1, 0.15) is 0 Å². The second-order valence-electron chi connectivity index (χ2n) is 2.28. The van der Waals surface area contributed by atoms with E-state index in [9.17, 15) is 4.79 Å². The van der Waals surface area contributed by atoms with Crippen LogP contribution in [0, 0.1) is 0 Å². The van der Waals surface area contributed by atoms with Gasteiger partial charge in [0.05, 0.1) is 10.3 Å². The summed E-state index contributed by atoms with van der Waals surface area (Å²) in [5.41, 5.74) is 4.95. The van der Waals surface area contributed by atoms with Crippen LogP contribution in [0.1, 0.15) is 4.88 Å². The highest BCUT2D eigenvalue weighted by Crippen LogP contribution is 2.21. The molecule has 0 unspecified atom stereocenters. The minimum atomic E-state index is -0.328. The van der Waals surface area contributed by atoms with Crippen molar-refractivity contribution in [3.8, 4) is 0 Å². The Hall–Kier alpha value is -0.390. The highest BCUT2D eigenvalue weighted by molar-refractivity contribution is 9.11. The van der Waals surface area contributed by atoms with Gasteiger partial charge in [-0.3, -0.25) is 4.79 Å². The summed E-state index contributed by atoms with van der Waals surface area (Å²) in [4.78, 5) is 11.5. The molecular formula is C7H9BrN2OS. The van der Waals surface area contributed by atoms with Gasteiger partial charge in [-0.1, -0.05) is 0 Å². The van der Waals surface area contributed by atoms with Crippen LogP contribution >= 0.6 is 27.3 Å². The highest BCUT2D eigenvalue weighted by Gasteiger charge is 1.97. The summed E-state index contributed by atoms with van der Waals surface area (Å²) in [5.74, 6) is -0.328. The van der Waals surface area contributed by atoms with Crippen molar-refractivity contribution < 1.29 is 4.79 Å². The molecule has 12 heavy (non-hydrogen) atoms. The van der Waals surface area contributed by atoms with Crippen LogP contribution in [0.5, 0.6) is 0 Å². The number of primary amides is 1. The fourth-order valence-electron chi connectivity index (χ4n) is 0.756. The number of carbonyl (C=O) groups is 1. The van der Waals surface area contributed by atoms with Crippen LogP contribution < -0.4 is 11.1 Å². The van der Waals surface area contributed by atoms with Gasteiger partial charge in [0, 0.05) is 11.4 Å². The second-order valence-corrected chi connectivity index (χ2v) is 4.82. The summed E-state index contributed by atoms with van der Waals surface area (Å²) in [7, 11) is 0. The molecule has 1 amide bonds. The molecule has 1 rings (SSSR count). The van der Waals surface area contributed by atoms with Gasteiger partial charge >= 0.3 is 0 Å². The normalized spacial score (nSPS) is 10.1. The van der Waals surface area contributed by atoms with Crippen LogP contribution in [-0.4, -0.2) is 12.5 Å². The number of halogens is 1. The minimum Gasteiger partial charge on any atom is -0.369 e. The quantitative estimate of drug-likeness (QED) is 0.839. The Morgan fingerprint density at radius 2 is 2.42 bits per heavy atom. The summed E-state index contributed by atoms with van der Waals surface area (Å²) in [6, 6.07) is 3.98. The van der Waals surface area contributed by atoms with Gasteiger partial charge in [0.25, 0.3) is 0 Å². The molecule has 5 heteroatoms. The first-order valence-corrected chi connectivity index (χ1v) is 5.02. The zero-order valence-corrected chi connectivity index (χ0v) is 8.74. The van der Waals surface area contributed by atoms with Gasteiger partial charge in [-0.05, 0) is 28.1 Å². The molecule has 0 aliphatic heterocycles. The smallest absolute Gasteiger partial charge is 0.231 e. The van der Waals surface area contributed by atoms with Crippen molar-refractivity contribution in [1.29, 1.82) is 0 Å². The number of thiophene rings is 1. The zero-order valence-electron chi connectivity index (χ0n) is 6.34. The molecule has 0 aliphatic rings. The fraction of sp³-hybridized carbons (Fsp3) is 0.286. The monoisotopic (exact) mass is 248 g/mol. The molecule has 0 radical (unpaired) electrons. The van der Waals surface area contributed by atoms with Gasteiger partial charge in [0.15, 0.2) is 0 Å². The van der Waals surface area contributed by atoms with Crippen molar-refractivity contribution in [2.45, 2.75) is 6.54 Å². The predicted octanol–water partition coefficient (Wildman–Crippen LogP) is 1.09. The van der Waals surface area contributed by atoms with Crippen LogP contribution in [0.3, 0.4) is 0 Å². The molecule has 0 bridgehead atoms. The molecule has 0 aliphatic carbocycles. The Morgan fingerprint density at radius 3 is 2.92 bits per heavy atom. The summed E-state index contributed by atoms with van der Waals surface area (Å²) < 4.78 is 1.10. The minimum absolute atomic E-state index is 0.232. The standard InChI is InChI=1S/C7H9BrN2OS/c8-6-2-1-5(12-6)3-10-4-7(9)11/h1-2,10H,3-4H2,(H2,9,11). The third-order valence-corrected chi connectivity index (χ3v) is 2.85. The van der Waals surface area contributed by atoms with E-state index in [0.29, 0.717) is 6.54 Å². The number of hydrogen-bond donors (Lipinski definition) is 2. The number of amides is 1. The van der Waals surface area contributed by atoms with E-state index in [4.69, 9.17) is 5.73 Å². The number of rotatable bonds is 4. The molecule has 3 N–H and O–H groups in total. The van der Waals surface area contributed by atoms with Crippen molar-refractivity contribution in [3.63, 3.8) is 0 Å². The van der Waals surface area contributed by atoms with Crippen LogP contribution in [0.4, 0.5) is 0 Å². The SMILES string of the molecule is NC(=O)CNCc1ccc(Br)s1.